The Bertz CT molecular complexity index is 4340. The van der Waals surface area contributed by atoms with Crippen molar-refractivity contribution in [3.63, 3.8) is 0 Å². The molecule has 17 heteroatoms. The lowest BCUT2D eigenvalue weighted by molar-refractivity contribution is 0.0942. The van der Waals surface area contributed by atoms with Gasteiger partial charge in [-0.1, -0.05) is 113 Å². The normalized spacial score (nSPS) is 10.9. The molecule has 424 valence electrons. The quantitative estimate of drug-likeness (QED) is 0.0482. The van der Waals surface area contributed by atoms with Crippen molar-refractivity contribution in [3.05, 3.63) is 284 Å². The first-order valence-electron chi connectivity index (χ1n) is 27.7. The summed E-state index contributed by atoms with van der Waals surface area (Å²) in [6.45, 7) is 9.28. The number of aromatic nitrogens is 9. The number of amides is 4. The lowest BCUT2D eigenvalue weighted by atomic mass is 9.99. The van der Waals surface area contributed by atoms with E-state index in [0.29, 0.717) is 48.3 Å². The van der Waals surface area contributed by atoms with Crippen molar-refractivity contribution in [2.75, 3.05) is 0 Å². The van der Waals surface area contributed by atoms with Crippen LogP contribution in [0.1, 0.15) is 114 Å². The van der Waals surface area contributed by atoms with Crippen LogP contribution < -0.4 is 21.7 Å². The monoisotopic (exact) mass is 1130 g/mol. The highest BCUT2D eigenvalue weighted by atomic mass is 16.2. The Hall–Kier alpha value is -10.9. The van der Waals surface area contributed by atoms with E-state index in [0.717, 1.165) is 102 Å². The minimum absolute atomic E-state index is 0.145. The van der Waals surface area contributed by atoms with Gasteiger partial charge in [0.2, 0.25) is 5.91 Å². The maximum atomic E-state index is 12.7. The Morgan fingerprint density at radius 1 is 0.388 bits per heavy atom. The smallest absolute Gasteiger partial charge is 0.253 e. The summed E-state index contributed by atoms with van der Waals surface area (Å²) in [4.78, 5) is 62.1. The number of hydrogen-bond acceptors (Lipinski definition) is 10. The number of pyridine rings is 3. The standard InChI is InChI=1S/C23H21N5O2.C23H22N4O.C22H20N4O/c1-14-6-7-20-19(8-14)21(28-27-20)13-26-23(30)17-10-15(11-25-12-17)9-16-4-2-3-5-18(16)22(24)29;1-15-3-6-17(7-4-15)10-18-11-19(13-24-12-18)23(28)25-14-22-20-9-16(2)5-8-21(20)26-27-22;1-15-7-8-20-19(9-15)21(26-25-20)14-24-22(27)18-11-17(12-23-13-18)10-16-5-3-2-4-6-16/h2-8,10-12H,9,13H2,1H3,(H2,24,29)(H,26,30)(H,27,28);3-9,11-13H,10,14H2,1-2H3,(H,25,28)(H,26,27);2-9,11-13H,10,14H2,1H3,(H,24,27)(H,25,26). The molecule has 8 N–H and O–H groups in total. The Kier molecular flexibility index (Phi) is 18.0. The number of nitrogens with two attached hydrogens (primary N) is 1. The molecule has 0 aliphatic rings. The van der Waals surface area contributed by atoms with Crippen LogP contribution in [0.15, 0.2) is 189 Å². The van der Waals surface area contributed by atoms with Crippen LogP contribution in [-0.4, -0.2) is 69.2 Å². The second-order valence-electron chi connectivity index (χ2n) is 21.0. The average molecular weight is 1130 g/mol. The van der Waals surface area contributed by atoms with E-state index in [1.165, 1.54) is 22.9 Å². The van der Waals surface area contributed by atoms with Gasteiger partial charge < -0.3 is 21.7 Å². The van der Waals surface area contributed by atoms with Gasteiger partial charge in [-0.25, -0.2) is 0 Å². The number of benzene rings is 6. The third-order valence-electron chi connectivity index (χ3n) is 14.3. The van der Waals surface area contributed by atoms with Crippen LogP contribution in [-0.2, 0) is 38.9 Å². The third-order valence-corrected chi connectivity index (χ3v) is 14.3. The van der Waals surface area contributed by atoms with Crippen LogP contribution in [0.5, 0.6) is 0 Å². The summed E-state index contributed by atoms with van der Waals surface area (Å²) in [5.74, 6) is -1.00. The van der Waals surface area contributed by atoms with E-state index in [-0.39, 0.29) is 17.7 Å². The molecule has 0 fully saturated rings. The average Bonchev–Trinajstić information content (AvgIpc) is 4.47. The molecule has 0 saturated carbocycles. The SMILES string of the molecule is Cc1ccc(Cc2cncc(C(=O)NCc3[nH]nc4ccc(C)cc34)c2)cc1.Cc1ccc2n[nH]c(CNC(=O)c3cncc(Cc4ccccc4)c3)c2c1.Cc1ccc2n[nH]c(CNC(=O)c3cncc(Cc4ccccc4C(N)=O)c3)c2c1. The fourth-order valence-electron chi connectivity index (χ4n) is 9.78. The maximum absolute atomic E-state index is 12.7. The topological polar surface area (TPSA) is 255 Å². The summed E-state index contributed by atoms with van der Waals surface area (Å²) in [5, 5.41) is 33.7. The second kappa shape index (κ2) is 26.8. The molecule has 6 heterocycles. The first-order valence-corrected chi connectivity index (χ1v) is 27.7. The van der Waals surface area contributed by atoms with Crippen molar-refractivity contribution in [1.82, 2.24) is 61.5 Å². The number of nitrogens with zero attached hydrogens (tertiary/aromatic N) is 6. The number of carbonyl (C=O) groups is 4. The molecule has 0 atom stereocenters. The number of rotatable bonds is 16. The van der Waals surface area contributed by atoms with Crippen molar-refractivity contribution < 1.29 is 19.2 Å². The predicted octanol–water partition coefficient (Wildman–Crippen LogP) is 10.8. The highest BCUT2D eigenvalue weighted by Crippen LogP contribution is 2.22. The second-order valence-corrected chi connectivity index (χ2v) is 21.0. The Morgan fingerprint density at radius 3 is 1.16 bits per heavy atom. The van der Waals surface area contributed by atoms with Gasteiger partial charge in [0.25, 0.3) is 17.7 Å². The lowest BCUT2D eigenvalue weighted by Gasteiger charge is -2.08. The molecular formula is C68H63N13O4. The Balaban J connectivity index is 0.000000142. The zero-order valence-electron chi connectivity index (χ0n) is 47.5. The van der Waals surface area contributed by atoms with Crippen molar-refractivity contribution >= 4 is 56.3 Å². The summed E-state index contributed by atoms with van der Waals surface area (Å²) < 4.78 is 0. The molecule has 12 aromatic rings. The van der Waals surface area contributed by atoms with E-state index in [9.17, 15) is 19.2 Å². The van der Waals surface area contributed by atoms with Crippen molar-refractivity contribution in [2.24, 2.45) is 5.73 Å². The highest BCUT2D eigenvalue weighted by molar-refractivity contribution is 5.96. The van der Waals surface area contributed by atoms with Crippen LogP contribution in [0.4, 0.5) is 0 Å². The molecule has 0 aliphatic heterocycles. The highest BCUT2D eigenvalue weighted by Gasteiger charge is 2.15. The van der Waals surface area contributed by atoms with E-state index in [1.807, 2.05) is 112 Å². The summed E-state index contributed by atoms with van der Waals surface area (Å²) in [6, 6.07) is 49.4. The molecule has 0 spiro atoms. The molecule has 0 saturated heterocycles. The number of carbonyl (C=O) groups excluding carboxylic acids is 4. The van der Waals surface area contributed by atoms with Gasteiger partial charge in [0.1, 0.15) is 0 Å². The van der Waals surface area contributed by atoms with Gasteiger partial charge in [-0.2, -0.15) is 15.3 Å². The van der Waals surface area contributed by atoms with Crippen LogP contribution in [0.3, 0.4) is 0 Å². The first-order chi connectivity index (χ1) is 41.3. The Labute approximate surface area is 491 Å². The summed E-state index contributed by atoms with van der Waals surface area (Å²) >= 11 is 0. The molecule has 6 aromatic carbocycles. The molecule has 0 unspecified atom stereocenters. The van der Waals surface area contributed by atoms with Crippen molar-refractivity contribution in [2.45, 2.75) is 66.6 Å². The summed E-state index contributed by atoms with van der Waals surface area (Å²) in [6.07, 6.45) is 12.0. The minimum atomic E-state index is -0.477. The lowest BCUT2D eigenvalue weighted by Crippen LogP contribution is -2.23. The third kappa shape index (κ3) is 15.0. The van der Waals surface area contributed by atoms with Gasteiger partial charge in [-0.05, 0) is 141 Å². The van der Waals surface area contributed by atoms with Crippen LogP contribution in [0.2, 0.25) is 0 Å². The largest absolute Gasteiger partial charge is 0.366 e. The molecule has 0 radical (unpaired) electrons. The number of H-pyrrole nitrogens is 3. The number of aromatic amines is 3. The number of primary amides is 1. The molecule has 0 aliphatic carbocycles. The van der Waals surface area contributed by atoms with E-state index < -0.39 is 5.91 Å². The molecule has 4 amide bonds. The van der Waals surface area contributed by atoms with Crippen LogP contribution >= 0.6 is 0 Å². The van der Waals surface area contributed by atoms with Gasteiger partial charge in [0.05, 0.1) is 70.0 Å². The number of aryl methyl sites for hydroxylation is 4. The fourth-order valence-corrected chi connectivity index (χ4v) is 9.78. The molecule has 17 nitrogen and oxygen atoms in total. The molecule has 85 heavy (non-hydrogen) atoms. The van der Waals surface area contributed by atoms with Crippen molar-refractivity contribution in [3.8, 4) is 0 Å². The molecule has 6 aromatic heterocycles. The summed E-state index contributed by atoms with van der Waals surface area (Å²) in [7, 11) is 0. The number of hydrogen-bond donors (Lipinski definition) is 7. The van der Waals surface area contributed by atoms with Crippen LogP contribution in [0.25, 0.3) is 32.7 Å². The fraction of sp³-hybridized carbons (Fsp3) is 0.147. The molecule has 12 rings (SSSR count). The van der Waals surface area contributed by atoms with Crippen LogP contribution in [0, 0.1) is 27.7 Å². The number of nitrogens with one attached hydrogen (secondary N) is 6. The first kappa shape index (κ1) is 57.3. The van der Waals surface area contributed by atoms with E-state index >= 15 is 0 Å². The van der Waals surface area contributed by atoms with Gasteiger partial charge in [-0.15, -0.1) is 0 Å². The zero-order valence-corrected chi connectivity index (χ0v) is 47.5. The van der Waals surface area contributed by atoms with Gasteiger partial charge in [-0.3, -0.25) is 49.4 Å². The van der Waals surface area contributed by atoms with Gasteiger partial charge in [0.15, 0.2) is 0 Å². The predicted molar refractivity (Wildman–Crippen MR) is 330 cm³/mol. The minimum Gasteiger partial charge on any atom is -0.366 e. The van der Waals surface area contributed by atoms with Gasteiger partial charge in [0, 0.05) is 58.9 Å². The molecule has 0 bridgehead atoms. The van der Waals surface area contributed by atoms with Crippen molar-refractivity contribution in [1.29, 1.82) is 0 Å². The van der Waals surface area contributed by atoms with E-state index in [2.05, 4.69) is 117 Å². The zero-order chi connectivity index (χ0) is 59.2. The Morgan fingerprint density at radius 2 is 0.753 bits per heavy atom. The van der Waals surface area contributed by atoms with E-state index in [1.54, 1.807) is 43.0 Å². The van der Waals surface area contributed by atoms with Gasteiger partial charge >= 0.3 is 0 Å². The maximum Gasteiger partial charge on any atom is 0.253 e. The van der Waals surface area contributed by atoms with E-state index in [4.69, 9.17) is 5.73 Å². The molecular weight excluding hydrogens is 1060 g/mol. The summed E-state index contributed by atoms with van der Waals surface area (Å²) in [5.41, 5.74) is 23.5. The number of fused-ring (bicyclic) bond motifs is 3.